The van der Waals surface area contributed by atoms with Crippen LogP contribution in [-0.2, 0) is 0 Å². The van der Waals surface area contributed by atoms with Crippen molar-refractivity contribution in [1.29, 1.82) is 0 Å². The largest absolute Gasteiger partial charge is 0.314 e. The molecule has 0 aromatic heterocycles. The quantitative estimate of drug-likeness (QED) is 0.878. The minimum Gasteiger partial charge on any atom is -0.314 e. The summed E-state index contributed by atoms with van der Waals surface area (Å²) in [5.41, 5.74) is 1.12. The zero-order chi connectivity index (χ0) is 11.5. The lowest BCUT2D eigenvalue weighted by Crippen LogP contribution is -2.44. The van der Waals surface area contributed by atoms with Crippen LogP contribution in [0.25, 0.3) is 0 Å². The molecule has 1 fully saturated rings. The molecule has 0 radical (unpaired) electrons. The van der Waals surface area contributed by atoms with Gasteiger partial charge in [0.2, 0.25) is 0 Å². The summed E-state index contributed by atoms with van der Waals surface area (Å²) in [6.07, 6.45) is 0. The third-order valence-corrected chi connectivity index (χ3v) is 3.96. The summed E-state index contributed by atoms with van der Waals surface area (Å²) >= 11 is 12.3. The first-order chi connectivity index (χ1) is 7.70. The Kier molecular flexibility index (Phi) is 4.09. The van der Waals surface area contributed by atoms with Crippen LogP contribution in [-0.4, -0.2) is 31.1 Å². The van der Waals surface area contributed by atoms with Crippen molar-refractivity contribution in [2.24, 2.45) is 0 Å². The standard InChI is InChI=1S/C12H16Cl2N2/c1-9(16-7-5-15-6-8-16)10-3-2-4-11(13)12(10)14/h2-4,9,15H,5-8H2,1H3/t9-/m0/s1. The molecule has 1 aliphatic heterocycles. The number of hydrogen-bond donors (Lipinski definition) is 1. The molecule has 1 saturated heterocycles. The Morgan fingerprint density at radius 3 is 2.62 bits per heavy atom. The summed E-state index contributed by atoms with van der Waals surface area (Å²) in [6.45, 7) is 6.39. The molecular weight excluding hydrogens is 243 g/mol. The van der Waals surface area contributed by atoms with Gasteiger partial charge in [-0.15, -0.1) is 0 Å². The van der Waals surface area contributed by atoms with Gasteiger partial charge in [0, 0.05) is 32.2 Å². The van der Waals surface area contributed by atoms with Crippen molar-refractivity contribution in [3.63, 3.8) is 0 Å². The second-order valence-corrected chi connectivity index (χ2v) is 4.89. The van der Waals surface area contributed by atoms with E-state index in [4.69, 9.17) is 23.2 Å². The number of nitrogens with zero attached hydrogens (tertiary/aromatic N) is 1. The normalized spacial score (nSPS) is 19.7. The Morgan fingerprint density at radius 2 is 1.94 bits per heavy atom. The maximum absolute atomic E-state index is 6.23. The number of nitrogens with one attached hydrogen (secondary N) is 1. The van der Waals surface area contributed by atoms with Crippen LogP contribution in [0.5, 0.6) is 0 Å². The molecule has 0 amide bonds. The molecule has 1 atom stereocenters. The summed E-state index contributed by atoms with van der Waals surface area (Å²) in [4.78, 5) is 2.42. The lowest BCUT2D eigenvalue weighted by atomic mass is 10.1. The highest BCUT2D eigenvalue weighted by Gasteiger charge is 2.20. The van der Waals surface area contributed by atoms with Gasteiger partial charge in [0.25, 0.3) is 0 Å². The molecular formula is C12H16Cl2N2. The molecule has 2 rings (SSSR count). The molecule has 2 nitrogen and oxygen atoms in total. The fourth-order valence-electron chi connectivity index (χ4n) is 2.11. The van der Waals surface area contributed by atoms with E-state index in [1.165, 1.54) is 0 Å². The number of piperazine rings is 1. The molecule has 4 heteroatoms. The highest BCUT2D eigenvalue weighted by atomic mass is 35.5. The van der Waals surface area contributed by atoms with Gasteiger partial charge in [0.05, 0.1) is 10.0 Å². The minimum absolute atomic E-state index is 0.327. The SMILES string of the molecule is C[C@@H](c1cccc(Cl)c1Cl)N1CCNCC1. The van der Waals surface area contributed by atoms with E-state index < -0.39 is 0 Å². The van der Waals surface area contributed by atoms with Crippen molar-refractivity contribution in [3.05, 3.63) is 33.8 Å². The second-order valence-electron chi connectivity index (χ2n) is 4.10. The molecule has 1 N–H and O–H groups in total. The third kappa shape index (κ3) is 2.51. The summed E-state index contributed by atoms with van der Waals surface area (Å²) < 4.78 is 0. The predicted octanol–water partition coefficient (Wildman–Crippen LogP) is 2.96. The molecule has 1 aromatic carbocycles. The van der Waals surface area contributed by atoms with Gasteiger partial charge in [-0.05, 0) is 18.6 Å². The summed E-state index contributed by atoms with van der Waals surface area (Å²) in [5, 5.41) is 4.68. The van der Waals surface area contributed by atoms with Crippen LogP contribution in [0.15, 0.2) is 18.2 Å². The second kappa shape index (κ2) is 5.37. The fraction of sp³-hybridized carbons (Fsp3) is 0.500. The molecule has 0 bridgehead atoms. The van der Waals surface area contributed by atoms with Crippen molar-refractivity contribution in [1.82, 2.24) is 10.2 Å². The van der Waals surface area contributed by atoms with Gasteiger partial charge in [-0.25, -0.2) is 0 Å². The minimum atomic E-state index is 0.327. The molecule has 1 heterocycles. The Balaban J connectivity index is 2.19. The van der Waals surface area contributed by atoms with Gasteiger partial charge in [0.1, 0.15) is 0 Å². The van der Waals surface area contributed by atoms with Crippen LogP contribution in [0.1, 0.15) is 18.5 Å². The van der Waals surface area contributed by atoms with Crippen LogP contribution in [0.3, 0.4) is 0 Å². The molecule has 0 aliphatic carbocycles. The molecule has 16 heavy (non-hydrogen) atoms. The van der Waals surface area contributed by atoms with Gasteiger partial charge in [-0.3, -0.25) is 4.90 Å². The van der Waals surface area contributed by atoms with E-state index in [2.05, 4.69) is 23.2 Å². The molecule has 1 aromatic rings. The van der Waals surface area contributed by atoms with E-state index in [1.54, 1.807) is 0 Å². The van der Waals surface area contributed by atoms with Gasteiger partial charge in [-0.2, -0.15) is 0 Å². The average Bonchev–Trinajstić information content (AvgIpc) is 2.33. The van der Waals surface area contributed by atoms with E-state index >= 15 is 0 Å². The maximum atomic E-state index is 6.23. The summed E-state index contributed by atoms with van der Waals surface area (Å²) in [5.74, 6) is 0. The van der Waals surface area contributed by atoms with Gasteiger partial charge < -0.3 is 5.32 Å². The highest BCUT2D eigenvalue weighted by molar-refractivity contribution is 6.42. The first-order valence-corrected chi connectivity index (χ1v) is 6.34. The highest BCUT2D eigenvalue weighted by Crippen LogP contribution is 2.32. The van der Waals surface area contributed by atoms with Crippen LogP contribution < -0.4 is 5.32 Å². The van der Waals surface area contributed by atoms with Crippen LogP contribution in [0.4, 0.5) is 0 Å². The molecule has 1 aliphatic rings. The number of rotatable bonds is 2. The van der Waals surface area contributed by atoms with Crippen LogP contribution in [0.2, 0.25) is 10.0 Å². The predicted molar refractivity (Wildman–Crippen MR) is 69.3 cm³/mol. The third-order valence-electron chi connectivity index (χ3n) is 3.13. The Labute approximate surface area is 107 Å². The van der Waals surface area contributed by atoms with Crippen LogP contribution in [0, 0.1) is 0 Å². The smallest absolute Gasteiger partial charge is 0.0640 e. The van der Waals surface area contributed by atoms with E-state index in [0.717, 1.165) is 31.7 Å². The van der Waals surface area contributed by atoms with E-state index in [-0.39, 0.29) is 0 Å². The van der Waals surface area contributed by atoms with Crippen molar-refractivity contribution in [2.45, 2.75) is 13.0 Å². The molecule has 0 spiro atoms. The van der Waals surface area contributed by atoms with Crippen molar-refractivity contribution < 1.29 is 0 Å². The Bertz CT molecular complexity index is 362. The summed E-state index contributed by atoms with van der Waals surface area (Å²) in [7, 11) is 0. The van der Waals surface area contributed by atoms with Gasteiger partial charge in [0.15, 0.2) is 0 Å². The molecule has 0 saturated carbocycles. The topological polar surface area (TPSA) is 15.3 Å². The summed E-state index contributed by atoms with van der Waals surface area (Å²) in [6, 6.07) is 6.18. The van der Waals surface area contributed by atoms with E-state index in [1.807, 2.05) is 12.1 Å². The lowest BCUT2D eigenvalue weighted by Gasteiger charge is -2.33. The molecule has 0 unspecified atom stereocenters. The fourth-order valence-corrected chi connectivity index (χ4v) is 2.57. The Hall–Kier alpha value is -0.280. The van der Waals surface area contributed by atoms with Crippen molar-refractivity contribution in [3.8, 4) is 0 Å². The van der Waals surface area contributed by atoms with Crippen molar-refractivity contribution in [2.75, 3.05) is 26.2 Å². The van der Waals surface area contributed by atoms with E-state index in [9.17, 15) is 0 Å². The maximum Gasteiger partial charge on any atom is 0.0640 e. The van der Waals surface area contributed by atoms with Gasteiger partial charge in [-0.1, -0.05) is 35.3 Å². The lowest BCUT2D eigenvalue weighted by molar-refractivity contribution is 0.185. The van der Waals surface area contributed by atoms with Crippen LogP contribution >= 0.6 is 23.2 Å². The van der Waals surface area contributed by atoms with E-state index in [0.29, 0.717) is 16.1 Å². The van der Waals surface area contributed by atoms with Crippen molar-refractivity contribution >= 4 is 23.2 Å². The number of benzene rings is 1. The van der Waals surface area contributed by atoms with Gasteiger partial charge >= 0.3 is 0 Å². The zero-order valence-electron chi connectivity index (χ0n) is 9.34. The Morgan fingerprint density at radius 1 is 1.25 bits per heavy atom. The molecule has 88 valence electrons. The first kappa shape index (κ1) is 12.2. The number of halogens is 2. The first-order valence-electron chi connectivity index (χ1n) is 5.59. The monoisotopic (exact) mass is 258 g/mol. The zero-order valence-corrected chi connectivity index (χ0v) is 10.9. The average molecular weight is 259 g/mol. The number of hydrogen-bond acceptors (Lipinski definition) is 2.